The van der Waals surface area contributed by atoms with Crippen molar-refractivity contribution in [3.05, 3.63) is 77.6 Å². The Balaban J connectivity index is 1.22. The zero-order chi connectivity index (χ0) is 27.4. The van der Waals surface area contributed by atoms with Gasteiger partial charge >= 0.3 is 5.97 Å². The van der Waals surface area contributed by atoms with Gasteiger partial charge in [-0.25, -0.2) is 4.98 Å². The Morgan fingerprint density at radius 2 is 1.87 bits per heavy atom. The number of hydrogen-bond acceptors (Lipinski definition) is 5. The summed E-state index contributed by atoms with van der Waals surface area (Å²) in [4.78, 5) is 27.1. The van der Waals surface area contributed by atoms with Crippen molar-refractivity contribution in [3.63, 3.8) is 0 Å². The highest BCUT2D eigenvalue weighted by Gasteiger charge is 2.47. The summed E-state index contributed by atoms with van der Waals surface area (Å²) >= 11 is 0. The van der Waals surface area contributed by atoms with E-state index in [0.29, 0.717) is 12.5 Å². The maximum Gasteiger partial charge on any atom is 0.320 e. The van der Waals surface area contributed by atoms with E-state index >= 15 is 0 Å². The Kier molecular flexibility index (Phi) is 8.54. The molecule has 0 saturated carbocycles. The summed E-state index contributed by atoms with van der Waals surface area (Å²) in [6.45, 7) is 11.8. The van der Waals surface area contributed by atoms with Crippen LogP contribution in [0.2, 0.25) is 0 Å². The summed E-state index contributed by atoms with van der Waals surface area (Å²) < 4.78 is 2.16. The predicted molar refractivity (Wildman–Crippen MR) is 153 cm³/mol. The molecule has 2 fully saturated rings. The van der Waals surface area contributed by atoms with Crippen LogP contribution in [0.4, 0.5) is 0 Å². The van der Waals surface area contributed by atoms with Crippen LogP contribution in [0, 0.1) is 11.3 Å². The number of benzene rings is 1. The van der Waals surface area contributed by atoms with E-state index in [9.17, 15) is 9.90 Å². The van der Waals surface area contributed by atoms with Crippen molar-refractivity contribution >= 4 is 5.97 Å². The quantitative estimate of drug-likeness (QED) is 0.382. The van der Waals surface area contributed by atoms with E-state index in [2.05, 4.69) is 92.7 Å². The molecule has 2 aromatic heterocycles. The molecule has 2 N–H and O–H groups in total. The number of imidazole rings is 1. The first-order chi connectivity index (χ1) is 18.8. The third kappa shape index (κ3) is 6.99. The number of aryl methyl sites for hydroxylation is 1. The fourth-order valence-electron chi connectivity index (χ4n) is 6.54. The van der Waals surface area contributed by atoms with E-state index in [-0.39, 0.29) is 5.41 Å². The molecule has 1 atom stereocenters. The molecule has 8 heteroatoms. The average Bonchev–Trinajstić information content (AvgIpc) is 3.63. The molecular weight excluding hydrogens is 488 g/mol. The lowest BCUT2D eigenvalue weighted by atomic mass is 9.76. The second kappa shape index (κ2) is 12.1. The van der Waals surface area contributed by atoms with Crippen LogP contribution in [0.1, 0.15) is 55.8 Å². The van der Waals surface area contributed by atoms with Gasteiger partial charge in [-0.1, -0.05) is 38.1 Å². The van der Waals surface area contributed by atoms with E-state index < -0.39 is 12.0 Å². The molecule has 8 nitrogen and oxygen atoms in total. The van der Waals surface area contributed by atoms with Crippen LogP contribution in [-0.4, -0.2) is 72.5 Å². The van der Waals surface area contributed by atoms with Crippen molar-refractivity contribution in [2.75, 3.05) is 26.2 Å². The number of H-pyrrole nitrogens is 1. The Hall–Kier alpha value is -2.94. The van der Waals surface area contributed by atoms with Gasteiger partial charge in [0, 0.05) is 64.1 Å². The molecule has 0 radical (unpaired) electrons. The second-order valence-electron chi connectivity index (χ2n) is 12.3. The molecule has 0 aliphatic carbocycles. The van der Waals surface area contributed by atoms with Crippen LogP contribution in [-0.2, 0) is 38.0 Å². The van der Waals surface area contributed by atoms with E-state index in [1.807, 2.05) is 6.20 Å². The number of carboxylic acids is 1. The number of aromatic nitrogens is 3. The maximum absolute atomic E-state index is 12.2. The van der Waals surface area contributed by atoms with Crippen molar-refractivity contribution < 1.29 is 9.90 Å². The summed E-state index contributed by atoms with van der Waals surface area (Å²) in [6.07, 6.45) is 8.73. The SMILES string of the molecule is CC(C)CN1CCC2(CC1)CC(C(=O)O)N(Cc1ccc(CN(Cc3ncc[nH]3)Cc3cccn3C)cc1)C2. The molecule has 3 aromatic rings. The number of likely N-dealkylation sites (tertiary alicyclic amines) is 2. The highest BCUT2D eigenvalue weighted by atomic mass is 16.4. The van der Waals surface area contributed by atoms with Crippen molar-refractivity contribution in [1.29, 1.82) is 0 Å². The lowest BCUT2D eigenvalue weighted by Crippen LogP contribution is -2.42. The summed E-state index contributed by atoms with van der Waals surface area (Å²) in [6, 6.07) is 12.6. The molecule has 0 amide bonds. The number of hydrogen-bond donors (Lipinski definition) is 2. The highest BCUT2D eigenvalue weighted by molar-refractivity contribution is 5.74. The smallest absolute Gasteiger partial charge is 0.320 e. The summed E-state index contributed by atoms with van der Waals surface area (Å²) in [5.74, 6) is 0.949. The summed E-state index contributed by atoms with van der Waals surface area (Å²) in [7, 11) is 2.08. The van der Waals surface area contributed by atoms with Crippen molar-refractivity contribution in [2.45, 2.75) is 65.3 Å². The number of piperidine rings is 1. The predicted octanol–water partition coefficient (Wildman–Crippen LogP) is 4.35. The van der Waals surface area contributed by atoms with Gasteiger partial charge in [0.1, 0.15) is 11.9 Å². The van der Waals surface area contributed by atoms with E-state index in [1.165, 1.54) is 16.8 Å². The number of nitrogens with one attached hydrogen (secondary N) is 1. The van der Waals surface area contributed by atoms with E-state index in [4.69, 9.17) is 0 Å². The van der Waals surface area contributed by atoms with Crippen molar-refractivity contribution in [3.8, 4) is 0 Å². The lowest BCUT2D eigenvalue weighted by molar-refractivity contribution is -0.142. The van der Waals surface area contributed by atoms with Gasteiger partial charge in [-0.15, -0.1) is 0 Å². The van der Waals surface area contributed by atoms with Crippen LogP contribution in [0.15, 0.2) is 55.0 Å². The van der Waals surface area contributed by atoms with Crippen molar-refractivity contribution in [1.82, 2.24) is 29.2 Å². The molecule has 0 bridgehead atoms. The fraction of sp³-hybridized carbons (Fsp3) is 0.548. The molecule has 2 saturated heterocycles. The van der Waals surface area contributed by atoms with Gasteiger partial charge in [-0.05, 0) is 66.9 Å². The lowest BCUT2D eigenvalue weighted by Gasteiger charge is -2.40. The van der Waals surface area contributed by atoms with Gasteiger partial charge in [0.25, 0.3) is 0 Å². The van der Waals surface area contributed by atoms with Crippen molar-refractivity contribution in [2.24, 2.45) is 18.4 Å². The highest BCUT2D eigenvalue weighted by Crippen LogP contribution is 2.44. The largest absolute Gasteiger partial charge is 0.480 e. The Labute approximate surface area is 232 Å². The van der Waals surface area contributed by atoms with E-state index in [1.54, 1.807) is 6.20 Å². The second-order valence-corrected chi connectivity index (χ2v) is 12.3. The van der Waals surface area contributed by atoms with Gasteiger partial charge in [0.05, 0.1) is 6.54 Å². The molecule has 2 aliphatic rings. The molecule has 1 aromatic carbocycles. The number of aromatic amines is 1. The molecule has 1 spiro atoms. The minimum Gasteiger partial charge on any atom is -0.480 e. The first kappa shape index (κ1) is 27.6. The monoisotopic (exact) mass is 532 g/mol. The first-order valence-electron chi connectivity index (χ1n) is 14.4. The minimum atomic E-state index is -0.678. The third-order valence-electron chi connectivity index (χ3n) is 8.61. The van der Waals surface area contributed by atoms with Crippen LogP contribution >= 0.6 is 0 Å². The molecular formula is C31H44N6O2. The summed E-state index contributed by atoms with van der Waals surface area (Å²) in [5.41, 5.74) is 3.82. The number of carboxylic acid groups (broad SMARTS) is 1. The topological polar surface area (TPSA) is 80.6 Å². The van der Waals surface area contributed by atoms with Gasteiger partial charge in [-0.3, -0.25) is 14.6 Å². The number of carbonyl (C=O) groups is 1. The molecule has 2 aliphatic heterocycles. The average molecular weight is 533 g/mol. The summed E-state index contributed by atoms with van der Waals surface area (Å²) in [5, 5.41) is 10.1. The molecule has 210 valence electrons. The van der Waals surface area contributed by atoms with Gasteiger partial charge in [0.15, 0.2) is 0 Å². The Morgan fingerprint density at radius 3 is 2.49 bits per heavy atom. The zero-order valence-electron chi connectivity index (χ0n) is 23.7. The van der Waals surface area contributed by atoms with Gasteiger partial charge in [-0.2, -0.15) is 0 Å². The number of aliphatic carboxylic acids is 1. The zero-order valence-corrected chi connectivity index (χ0v) is 23.7. The molecule has 1 unspecified atom stereocenters. The molecule has 4 heterocycles. The fourth-order valence-corrected chi connectivity index (χ4v) is 6.54. The van der Waals surface area contributed by atoms with E-state index in [0.717, 1.165) is 70.9 Å². The van der Waals surface area contributed by atoms with Gasteiger partial charge < -0.3 is 19.6 Å². The Morgan fingerprint density at radius 1 is 1.13 bits per heavy atom. The van der Waals surface area contributed by atoms with Crippen LogP contribution in [0.25, 0.3) is 0 Å². The van der Waals surface area contributed by atoms with Gasteiger partial charge in [0.2, 0.25) is 0 Å². The van der Waals surface area contributed by atoms with Crippen LogP contribution < -0.4 is 0 Å². The number of rotatable bonds is 11. The third-order valence-corrected chi connectivity index (χ3v) is 8.61. The molecule has 39 heavy (non-hydrogen) atoms. The normalized spacial score (nSPS) is 20.0. The maximum atomic E-state index is 12.2. The first-order valence-corrected chi connectivity index (χ1v) is 14.4. The Bertz CT molecular complexity index is 1190. The number of nitrogens with zero attached hydrogens (tertiary/aromatic N) is 5. The van der Waals surface area contributed by atoms with Crippen LogP contribution in [0.5, 0.6) is 0 Å². The standard InChI is InChI=1S/C31H44N6O2/c1-24(2)18-35-15-10-31(11-16-35)17-28(30(38)39)37(23-31)20-26-8-6-25(7-9-26)19-36(22-29-32-12-13-33-29)21-27-5-4-14-34(27)3/h4-9,12-14,24,28H,10-11,15-23H2,1-3H3,(H,32,33)(H,38,39). The molecule has 5 rings (SSSR count). The minimum absolute atomic E-state index is 0.139. The van der Waals surface area contributed by atoms with Crippen LogP contribution in [0.3, 0.4) is 0 Å².